The van der Waals surface area contributed by atoms with Crippen molar-refractivity contribution in [2.24, 2.45) is 5.92 Å². The van der Waals surface area contributed by atoms with Crippen molar-refractivity contribution in [2.75, 3.05) is 54.1 Å². The summed E-state index contributed by atoms with van der Waals surface area (Å²) in [4.78, 5) is 26.7. The Labute approximate surface area is 190 Å². The number of ether oxygens (including phenoxy) is 4. The van der Waals surface area contributed by atoms with E-state index in [1.165, 1.54) is 21.3 Å². The lowest BCUT2D eigenvalue weighted by molar-refractivity contribution is 0.0519. The molecule has 1 aromatic rings. The van der Waals surface area contributed by atoms with Crippen molar-refractivity contribution in [3.63, 3.8) is 0 Å². The molecule has 1 aliphatic heterocycles. The average Bonchev–Trinajstić information content (AvgIpc) is 2.75. The molecule has 32 heavy (non-hydrogen) atoms. The minimum absolute atomic E-state index is 0.173. The monoisotopic (exact) mass is 451 g/mol. The van der Waals surface area contributed by atoms with Gasteiger partial charge in [0.05, 0.1) is 21.3 Å². The van der Waals surface area contributed by atoms with Gasteiger partial charge in [-0.05, 0) is 64.8 Å². The minimum atomic E-state index is -0.491. The van der Waals surface area contributed by atoms with Crippen LogP contribution in [0.5, 0.6) is 17.2 Å². The standard InChI is InChI=1S/C23H37N3O6/c1-23(2,3)32-22(28)24-9-12-26-10-7-16(8-11-26)15-25-21(27)17-13-18(29-4)20(31-6)19(14-17)30-5/h13-14,16H,7-12,15H2,1-6H3,(H,24,28)(H,25,27). The van der Waals surface area contributed by atoms with E-state index in [-0.39, 0.29) is 12.0 Å². The maximum absolute atomic E-state index is 12.7. The smallest absolute Gasteiger partial charge is 0.407 e. The number of rotatable bonds is 9. The molecule has 1 heterocycles. The number of amides is 2. The second kappa shape index (κ2) is 11.8. The van der Waals surface area contributed by atoms with Crippen LogP contribution in [0.4, 0.5) is 4.79 Å². The number of hydrogen-bond donors (Lipinski definition) is 2. The van der Waals surface area contributed by atoms with Crippen molar-refractivity contribution in [1.29, 1.82) is 0 Å². The first kappa shape index (κ1) is 25.6. The van der Waals surface area contributed by atoms with Crippen LogP contribution in [0.15, 0.2) is 12.1 Å². The lowest BCUT2D eigenvalue weighted by Crippen LogP contribution is -2.42. The summed E-state index contributed by atoms with van der Waals surface area (Å²) >= 11 is 0. The second-order valence-electron chi connectivity index (χ2n) is 8.84. The van der Waals surface area contributed by atoms with E-state index in [0.717, 1.165) is 32.5 Å². The molecule has 9 nitrogen and oxygen atoms in total. The predicted molar refractivity (Wildman–Crippen MR) is 122 cm³/mol. The Morgan fingerprint density at radius 2 is 1.59 bits per heavy atom. The highest BCUT2D eigenvalue weighted by molar-refractivity contribution is 5.95. The molecule has 180 valence electrons. The fraction of sp³-hybridized carbons (Fsp3) is 0.652. The zero-order chi connectivity index (χ0) is 23.7. The van der Waals surface area contributed by atoms with Gasteiger partial charge in [0, 0.05) is 25.2 Å². The van der Waals surface area contributed by atoms with Crippen molar-refractivity contribution >= 4 is 12.0 Å². The molecule has 9 heteroatoms. The van der Waals surface area contributed by atoms with E-state index in [9.17, 15) is 9.59 Å². The van der Waals surface area contributed by atoms with Gasteiger partial charge in [0.2, 0.25) is 5.75 Å². The van der Waals surface area contributed by atoms with Gasteiger partial charge in [0.15, 0.2) is 11.5 Å². The molecule has 0 saturated carbocycles. The van der Waals surface area contributed by atoms with Crippen molar-refractivity contribution in [2.45, 2.75) is 39.2 Å². The number of likely N-dealkylation sites (tertiary alicyclic amines) is 1. The first-order chi connectivity index (χ1) is 15.2. The molecular formula is C23H37N3O6. The van der Waals surface area contributed by atoms with Gasteiger partial charge >= 0.3 is 6.09 Å². The summed E-state index contributed by atoms with van der Waals surface area (Å²) < 4.78 is 21.2. The average molecular weight is 452 g/mol. The third kappa shape index (κ3) is 7.78. The third-order valence-corrected chi connectivity index (χ3v) is 5.28. The lowest BCUT2D eigenvalue weighted by Gasteiger charge is -2.32. The van der Waals surface area contributed by atoms with Crippen LogP contribution < -0.4 is 24.8 Å². The summed E-state index contributed by atoms with van der Waals surface area (Å²) in [6.45, 7) is 9.34. The molecular weight excluding hydrogens is 414 g/mol. The number of piperidine rings is 1. The fourth-order valence-corrected chi connectivity index (χ4v) is 3.60. The Morgan fingerprint density at radius 1 is 1.00 bits per heavy atom. The molecule has 0 spiro atoms. The van der Waals surface area contributed by atoms with Gasteiger partial charge in [-0.1, -0.05) is 0 Å². The molecule has 0 aromatic heterocycles. The Morgan fingerprint density at radius 3 is 2.09 bits per heavy atom. The SMILES string of the molecule is COc1cc(C(=O)NCC2CCN(CCNC(=O)OC(C)(C)C)CC2)cc(OC)c1OC. The van der Waals surface area contributed by atoms with Gasteiger partial charge in [0.25, 0.3) is 5.91 Å². The number of benzene rings is 1. The number of carbonyl (C=O) groups is 2. The molecule has 0 atom stereocenters. The summed E-state index contributed by atoms with van der Waals surface area (Å²) in [6, 6.07) is 3.30. The first-order valence-electron chi connectivity index (χ1n) is 10.9. The van der Waals surface area contributed by atoms with Crippen LogP contribution in [0.2, 0.25) is 0 Å². The van der Waals surface area contributed by atoms with E-state index in [0.29, 0.717) is 41.8 Å². The summed E-state index contributed by atoms with van der Waals surface area (Å²) in [5.74, 6) is 1.60. The van der Waals surface area contributed by atoms with E-state index in [2.05, 4.69) is 15.5 Å². The van der Waals surface area contributed by atoms with E-state index < -0.39 is 5.60 Å². The summed E-state index contributed by atoms with van der Waals surface area (Å²) in [6.07, 6.45) is 1.59. The number of alkyl carbamates (subject to hydrolysis) is 1. The van der Waals surface area contributed by atoms with E-state index in [4.69, 9.17) is 18.9 Å². The molecule has 0 radical (unpaired) electrons. The molecule has 0 aliphatic carbocycles. The molecule has 1 fully saturated rings. The van der Waals surface area contributed by atoms with Gasteiger partial charge in [0.1, 0.15) is 5.60 Å². The zero-order valence-electron chi connectivity index (χ0n) is 20.1. The molecule has 1 saturated heterocycles. The minimum Gasteiger partial charge on any atom is -0.493 e. The molecule has 1 aliphatic rings. The quantitative estimate of drug-likeness (QED) is 0.596. The third-order valence-electron chi connectivity index (χ3n) is 5.28. The largest absolute Gasteiger partial charge is 0.493 e. The molecule has 2 rings (SSSR count). The number of hydrogen-bond acceptors (Lipinski definition) is 7. The summed E-state index contributed by atoms with van der Waals surface area (Å²) in [5.41, 5.74) is -0.0280. The van der Waals surface area contributed by atoms with Crippen LogP contribution in [0.25, 0.3) is 0 Å². The second-order valence-corrected chi connectivity index (χ2v) is 8.84. The number of methoxy groups -OCH3 is 3. The van der Waals surface area contributed by atoms with Gasteiger partial charge in [-0.3, -0.25) is 4.79 Å². The van der Waals surface area contributed by atoms with E-state index in [1.807, 2.05) is 20.8 Å². The molecule has 0 bridgehead atoms. The van der Waals surface area contributed by atoms with Crippen LogP contribution in [-0.4, -0.2) is 76.6 Å². The van der Waals surface area contributed by atoms with Crippen LogP contribution >= 0.6 is 0 Å². The van der Waals surface area contributed by atoms with Gasteiger partial charge in [-0.25, -0.2) is 4.79 Å². The highest BCUT2D eigenvalue weighted by Crippen LogP contribution is 2.38. The van der Waals surface area contributed by atoms with Gasteiger partial charge in [-0.2, -0.15) is 0 Å². The van der Waals surface area contributed by atoms with Crippen LogP contribution in [0.1, 0.15) is 44.0 Å². The summed E-state index contributed by atoms with van der Waals surface area (Å²) in [7, 11) is 4.58. The normalized spacial score (nSPS) is 15.1. The highest BCUT2D eigenvalue weighted by atomic mass is 16.6. The van der Waals surface area contributed by atoms with Crippen molar-refractivity contribution in [1.82, 2.24) is 15.5 Å². The molecule has 0 unspecified atom stereocenters. The molecule has 2 N–H and O–H groups in total. The Balaban J connectivity index is 1.75. The van der Waals surface area contributed by atoms with Gasteiger partial charge < -0.3 is 34.5 Å². The number of nitrogens with one attached hydrogen (secondary N) is 2. The Bertz CT molecular complexity index is 744. The van der Waals surface area contributed by atoms with E-state index >= 15 is 0 Å². The Hall–Kier alpha value is -2.68. The Kier molecular flexibility index (Phi) is 9.43. The van der Waals surface area contributed by atoms with Crippen LogP contribution in [0, 0.1) is 5.92 Å². The van der Waals surface area contributed by atoms with Crippen molar-refractivity contribution < 1.29 is 28.5 Å². The number of carbonyl (C=O) groups excluding carboxylic acids is 2. The van der Waals surface area contributed by atoms with E-state index in [1.54, 1.807) is 12.1 Å². The highest BCUT2D eigenvalue weighted by Gasteiger charge is 2.22. The lowest BCUT2D eigenvalue weighted by atomic mass is 9.96. The maximum atomic E-state index is 12.7. The number of nitrogens with zero attached hydrogens (tertiary/aromatic N) is 1. The molecule has 2 amide bonds. The van der Waals surface area contributed by atoms with Crippen LogP contribution in [-0.2, 0) is 4.74 Å². The first-order valence-corrected chi connectivity index (χ1v) is 10.9. The fourth-order valence-electron chi connectivity index (χ4n) is 3.60. The van der Waals surface area contributed by atoms with Crippen molar-refractivity contribution in [3.8, 4) is 17.2 Å². The van der Waals surface area contributed by atoms with Gasteiger partial charge in [-0.15, -0.1) is 0 Å². The maximum Gasteiger partial charge on any atom is 0.407 e. The molecule has 1 aromatic carbocycles. The van der Waals surface area contributed by atoms with Crippen molar-refractivity contribution in [3.05, 3.63) is 17.7 Å². The predicted octanol–water partition coefficient (Wildman–Crippen LogP) is 2.68. The summed E-state index contributed by atoms with van der Waals surface area (Å²) in [5, 5.41) is 5.81. The van der Waals surface area contributed by atoms with Crippen LogP contribution in [0.3, 0.4) is 0 Å². The zero-order valence-corrected chi connectivity index (χ0v) is 20.1. The topological polar surface area (TPSA) is 98.4 Å².